The molecule has 0 saturated carbocycles. The van der Waals surface area contributed by atoms with Gasteiger partial charge in [-0.3, -0.25) is 0 Å². The summed E-state index contributed by atoms with van der Waals surface area (Å²) >= 11 is 6.31. The van der Waals surface area contributed by atoms with Gasteiger partial charge in [0.25, 0.3) is 0 Å². The van der Waals surface area contributed by atoms with Crippen molar-refractivity contribution < 1.29 is 19.7 Å². The second-order valence-corrected chi connectivity index (χ2v) is 5.05. The Balaban J connectivity index is 3.00. The highest BCUT2D eigenvalue weighted by Crippen LogP contribution is 2.40. The molecule has 1 rings (SSSR count). The molecular formula is C11H12Br2O4. The van der Waals surface area contributed by atoms with E-state index in [0.717, 1.165) is 12.8 Å². The molecule has 6 heteroatoms. The zero-order chi connectivity index (χ0) is 13.0. The van der Waals surface area contributed by atoms with E-state index in [4.69, 9.17) is 4.74 Å². The van der Waals surface area contributed by atoms with Crippen molar-refractivity contribution in [2.45, 2.75) is 19.8 Å². The molecule has 0 saturated heterocycles. The van der Waals surface area contributed by atoms with Gasteiger partial charge in [-0.25, -0.2) is 4.79 Å². The van der Waals surface area contributed by atoms with Crippen LogP contribution in [0.2, 0.25) is 0 Å². The number of aromatic hydroxyl groups is 2. The smallest absolute Gasteiger partial charge is 0.343 e. The Kier molecular flexibility index (Phi) is 5.27. The average Bonchev–Trinajstić information content (AvgIpc) is 2.27. The van der Waals surface area contributed by atoms with E-state index >= 15 is 0 Å². The van der Waals surface area contributed by atoms with Crippen molar-refractivity contribution in [1.82, 2.24) is 0 Å². The minimum atomic E-state index is -0.667. The van der Waals surface area contributed by atoms with Crippen LogP contribution in [0.3, 0.4) is 0 Å². The number of esters is 1. The highest BCUT2D eigenvalue weighted by molar-refractivity contribution is 9.13. The lowest BCUT2D eigenvalue weighted by Gasteiger charge is -2.10. The molecule has 1 aromatic rings. The fourth-order valence-corrected chi connectivity index (χ4v) is 2.05. The SMILES string of the molecule is CCCCOC(=O)c1c(O)c(O)cc(Br)c1Br. The van der Waals surface area contributed by atoms with Crippen LogP contribution in [0, 0.1) is 0 Å². The van der Waals surface area contributed by atoms with E-state index in [-0.39, 0.29) is 17.9 Å². The van der Waals surface area contributed by atoms with E-state index < -0.39 is 11.7 Å². The van der Waals surface area contributed by atoms with Crippen molar-refractivity contribution in [3.8, 4) is 11.5 Å². The summed E-state index contributed by atoms with van der Waals surface area (Å²) in [6.07, 6.45) is 1.66. The zero-order valence-electron chi connectivity index (χ0n) is 9.17. The highest BCUT2D eigenvalue weighted by atomic mass is 79.9. The van der Waals surface area contributed by atoms with Crippen molar-refractivity contribution in [3.05, 3.63) is 20.6 Å². The van der Waals surface area contributed by atoms with Gasteiger partial charge in [-0.1, -0.05) is 13.3 Å². The lowest BCUT2D eigenvalue weighted by atomic mass is 10.2. The number of hydrogen-bond donors (Lipinski definition) is 2. The van der Waals surface area contributed by atoms with Gasteiger partial charge in [0.1, 0.15) is 5.56 Å². The summed E-state index contributed by atoms with van der Waals surface area (Å²) in [4.78, 5) is 11.7. The number of carbonyl (C=O) groups is 1. The molecule has 0 spiro atoms. The van der Waals surface area contributed by atoms with E-state index in [9.17, 15) is 15.0 Å². The molecule has 0 amide bonds. The van der Waals surface area contributed by atoms with Crippen molar-refractivity contribution >= 4 is 37.8 Å². The van der Waals surface area contributed by atoms with Gasteiger partial charge in [-0.05, 0) is 44.3 Å². The molecule has 4 nitrogen and oxygen atoms in total. The minimum absolute atomic E-state index is 0.0759. The third-order valence-corrected chi connectivity index (χ3v) is 4.09. The second kappa shape index (κ2) is 6.26. The Morgan fingerprint density at radius 1 is 1.41 bits per heavy atom. The number of phenols is 2. The molecule has 0 atom stereocenters. The largest absolute Gasteiger partial charge is 0.504 e. The Morgan fingerprint density at radius 2 is 2.06 bits per heavy atom. The molecule has 0 aromatic heterocycles. The third-order valence-electron chi connectivity index (χ3n) is 2.11. The van der Waals surface area contributed by atoms with E-state index in [0.29, 0.717) is 8.95 Å². The molecule has 0 aliphatic rings. The number of phenolic OH excluding ortho intramolecular Hbond substituents is 2. The van der Waals surface area contributed by atoms with Crippen LogP contribution in [-0.2, 0) is 4.74 Å². The lowest BCUT2D eigenvalue weighted by Crippen LogP contribution is -2.08. The standard InChI is InChI=1S/C11H12Br2O4/c1-2-3-4-17-11(16)8-9(13)6(12)5-7(14)10(8)15/h5,14-15H,2-4H2,1H3. The molecule has 2 N–H and O–H groups in total. The molecule has 0 fully saturated rings. The Hall–Kier alpha value is -0.750. The summed E-state index contributed by atoms with van der Waals surface area (Å²) in [5.41, 5.74) is -0.0759. The normalized spacial score (nSPS) is 10.3. The molecule has 0 radical (unpaired) electrons. The van der Waals surface area contributed by atoms with Gasteiger partial charge in [0, 0.05) is 4.47 Å². The molecule has 0 unspecified atom stereocenters. The van der Waals surface area contributed by atoms with Gasteiger partial charge in [0.05, 0.1) is 11.1 Å². The molecule has 0 bridgehead atoms. The van der Waals surface area contributed by atoms with E-state index in [1.165, 1.54) is 6.07 Å². The maximum atomic E-state index is 11.7. The Bertz CT molecular complexity index is 406. The van der Waals surface area contributed by atoms with Gasteiger partial charge in [-0.15, -0.1) is 0 Å². The molecule has 0 aliphatic carbocycles. The van der Waals surface area contributed by atoms with Crippen LogP contribution in [0.5, 0.6) is 11.5 Å². The highest BCUT2D eigenvalue weighted by Gasteiger charge is 2.22. The minimum Gasteiger partial charge on any atom is -0.504 e. The summed E-state index contributed by atoms with van der Waals surface area (Å²) < 4.78 is 5.80. The number of carbonyl (C=O) groups excluding carboxylic acids is 1. The summed E-state index contributed by atoms with van der Waals surface area (Å²) in [5.74, 6) is -1.52. The first kappa shape index (κ1) is 14.3. The molecule has 0 heterocycles. The number of hydrogen-bond acceptors (Lipinski definition) is 4. The summed E-state index contributed by atoms with van der Waals surface area (Å²) in [6.45, 7) is 2.26. The number of unbranched alkanes of at least 4 members (excludes halogenated alkanes) is 1. The molecule has 94 valence electrons. The zero-order valence-corrected chi connectivity index (χ0v) is 12.3. The third kappa shape index (κ3) is 3.35. The fraction of sp³-hybridized carbons (Fsp3) is 0.364. The van der Waals surface area contributed by atoms with Crippen molar-refractivity contribution in [2.24, 2.45) is 0 Å². The lowest BCUT2D eigenvalue weighted by molar-refractivity contribution is 0.0494. The number of rotatable bonds is 4. The summed E-state index contributed by atoms with van der Waals surface area (Å²) in [5, 5.41) is 19.0. The first-order chi connectivity index (χ1) is 7.99. The number of benzene rings is 1. The second-order valence-electron chi connectivity index (χ2n) is 3.40. The number of ether oxygens (including phenoxy) is 1. The molecule has 17 heavy (non-hydrogen) atoms. The van der Waals surface area contributed by atoms with E-state index in [1.54, 1.807) is 0 Å². The van der Waals surface area contributed by atoms with Crippen molar-refractivity contribution in [1.29, 1.82) is 0 Å². The van der Waals surface area contributed by atoms with Crippen molar-refractivity contribution in [2.75, 3.05) is 6.61 Å². The average molecular weight is 368 g/mol. The predicted octanol–water partition coefficient (Wildman–Crippen LogP) is 3.58. The summed E-state index contributed by atoms with van der Waals surface area (Å²) in [6, 6.07) is 1.29. The predicted molar refractivity (Wildman–Crippen MR) is 70.4 cm³/mol. The quantitative estimate of drug-likeness (QED) is 0.485. The van der Waals surface area contributed by atoms with Gasteiger partial charge >= 0.3 is 5.97 Å². The molecule has 1 aromatic carbocycles. The maximum Gasteiger partial charge on any atom is 0.343 e. The van der Waals surface area contributed by atoms with Crippen LogP contribution in [0.25, 0.3) is 0 Å². The maximum absolute atomic E-state index is 11.7. The topological polar surface area (TPSA) is 66.8 Å². The Labute approximate surface area is 116 Å². The van der Waals surface area contributed by atoms with Crippen LogP contribution >= 0.6 is 31.9 Å². The van der Waals surface area contributed by atoms with Gasteiger partial charge in [0.2, 0.25) is 0 Å². The van der Waals surface area contributed by atoms with Crippen LogP contribution < -0.4 is 0 Å². The van der Waals surface area contributed by atoms with Crippen LogP contribution in [0.15, 0.2) is 15.0 Å². The van der Waals surface area contributed by atoms with Gasteiger partial charge in [-0.2, -0.15) is 0 Å². The first-order valence-electron chi connectivity index (χ1n) is 5.06. The van der Waals surface area contributed by atoms with Crippen LogP contribution in [0.1, 0.15) is 30.1 Å². The van der Waals surface area contributed by atoms with Crippen molar-refractivity contribution in [3.63, 3.8) is 0 Å². The van der Waals surface area contributed by atoms with Gasteiger partial charge < -0.3 is 14.9 Å². The first-order valence-corrected chi connectivity index (χ1v) is 6.64. The monoisotopic (exact) mass is 366 g/mol. The van der Waals surface area contributed by atoms with E-state index in [1.807, 2.05) is 6.92 Å². The molecule has 0 aliphatic heterocycles. The van der Waals surface area contributed by atoms with E-state index in [2.05, 4.69) is 31.9 Å². The molecular weight excluding hydrogens is 356 g/mol. The Morgan fingerprint density at radius 3 is 2.65 bits per heavy atom. The summed E-state index contributed by atoms with van der Waals surface area (Å²) in [7, 11) is 0. The van der Waals surface area contributed by atoms with Gasteiger partial charge in [0.15, 0.2) is 11.5 Å². The fourth-order valence-electron chi connectivity index (χ4n) is 1.17. The number of halogens is 2. The van der Waals surface area contributed by atoms with Crippen LogP contribution in [-0.4, -0.2) is 22.8 Å². The van der Waals surface area contributed by atoms with Crippen LogP contribution in [0.4, 0.5) is 0 Å².